The number of nitrogens with zero attached hydrogens (tertiary/aromatic N) is 1. The number of carbonyl (C=O) groups excluding carboxylic acids is 1. The zero-order chi connectivity index (χ0) is 32.3. The van der Waals surface area contributed by atoms with E-state index in [1.54, 1.807) is 24.3 Å². The molecule has 2 aliphatic carbocycles. The summed E-state index contributed by atoms with van der Waals surface area (Å²) in [7, 11) is 0. The van der Waals surface area contributed by atoms with Gasteiger partial charge in [0.25, 0.3) is 5.69 Å². The Balaban J connectivity index is 1.45. The molecule has 3 aromatic rings. The fourth-order valence-corrected chi connectivity index (χ4v) is 10.3. The molecule has 232 valence electrons. The molecular formula is C31H20F6N2O4S2. The van der Waals surface area contributed by atoms with Crippen molar-refractivity contribution in [1.29, 1.82) is 0 Å². The summed E-state index contributed by atoms with van der Waals surface area (Å²) in [5.41, 5.74) is -3.54. The topological polar surface area (TPSA) is 81.5 Å². The van der Waals surface area contributed by atoms with E-state index in [1.807, 2.05) is 0 Å². The number of amides is 1. The van der Waals surface area contributed by atoms with Crippen LogP contribution in [-0.2, 0) is 4.74 Å². The molecule has 6 nitrogen and oxygen atoms in total. The lowest BCUT2D eigenvalue weighted by Gasteiger charge is -2.51. The minimum atomic E-state index is -5.75. The molecule has 4 aliphatic rings. The van der Waals surface area contributed by atoms with Crippen LogP contribution in [0.2, 0.25) is 0 Å². The van der Waals surface area contributed by atoms with Crippen molar-refractivity contribution in [3.63, 3.8) is 0 Å². The van der Waals surface area contributed by atoms with Crippen LogP contribution in [0, 0.1) is 10.1 Å². The van der Waals surface area contributed by atoms with Crippen molar-refractivity contribution in [2.45, 2.75) is 57.0 Å². The van der Waals surface area contributed by atoms with Crippen molar-refractivity contribution in [1.82, 2.24) is 0 Å². The lowest BCUT2D eigenvalue weighted by molar-refractivity contribution is -0.384. The summed E-state index contributed by atoms with van der Waals surface area (Å²) >= 11 is 2.08. The molecule has 2 aliphatic heterocycles. The first kappa shape index (κ1) is 29.8. The van der Waals surface area contributed by atoms with Crippen LogP contribution in [0.5, 0.6) is 0 Å². The van der Waals surface area contributed by atoms with Gasteiger partial charge in [0.2, 0.25) is 0 Å². The first-order chi connectivity index (χ1) is 21.1. The maximum absolute atomic E-state index is 16.0. The molecule has 45 heavy (non-hydrogen) atoms. The van der Waals surface area contributed by atoms with Gasteiger partial charge < -0.3 is 4.74 Å². The SMILES string of the molecule is C[C@H](OC(=O)Nc1ccc([N+](=O)[O-])cc1)[C@@]12Sc3ccccc3C1=C1C(=C3c4ccccc4S[C@]32C)C(F)(F)C(F)(F)C1(F)F. The monoisotopic (exact) mass is 662 g/mol. The van der Waals surface area contributed by atoms with Crippen molar-refractivity contribution < 1.29 is 40.8 Å². The lowest BCUT2D eigenvalue weighted by atomic mass is 9.65. The quantitative estimate of drug-likeness (QED) is 0.171. The molecule has 2 heterocycles. The second-order valence-electron chi connectivity index (χ2n) is 11.2. The molecule has 0 spiro atoms. The number of hydrogen-bond donors (Lipinski definition) is 1. The smallest absolute Gasteiger partial charge is 0.411 e. The summed E-state index contributed by atoms with van der Waals surface area (Å²) in [4.78, 5) is 24.4. The van der Waals surface area contributed by atoms with Gasteiger partial charge in [-0.15, -0.1) is 23.5 Å². The average Bonchev–Trinajstić information content (AvgIpc) is 3.52. The summed E-state index contributed by atoms with van der Waals surface area (Å²) in [6.45, 7) is 2.95. The Hall–Kier alpha value is -3.91. The van der Waals surface area contributed by atoms with Gasteiger partial charge in [-0.3, -0.25) is 15.4 Å². The second kappa shape index (κ2) is 9.32. The number of thioether (sulfide) groups is 2. The number of rotatable bonds is 4. The predicted octanol–water partition coefficient (Wildman–Crippen LogP) is 9.08. The van der Waals surface area contributed by atoms with Crippen LogP contribution in [-0.4, -0.2) is 44.4 Å². The number of halogens is 6. The van der Waals surface area contributed by atoms with Crippen LogP contribution in [0.25, 0.3) is 11.1 Å². The summed E-state index contributed by atoms with van der Waals surface area (Å²) in [5, 5.41) is 13.4. The first-order valence-electron chi connectivity index (χ1n) is 13.5. The number of allylic oxidation sites excluding steroid dienone is 2. The molecule has 1 fully saturated rings. The number of anilines is 1. The van der Waals surface area contributed by atoms with Crippen LogP contribution in [0.15, 0.2) is 93.7 Å². The van der Waals surface area contributed by atoms with Crippen LogP contribution < -0.4 is 5.32 Å². The Labute approximate surface area is 260 Å². The molecule has 0 radical (unpaired) electrons. The highest BCUT2D eigenvalue weighted by atomic mass is 32.2. The normalized spacial score (nSPS) is 26.8. The molecule has 0 aromatic heterocycles. The molecule has 3 aromatic carbocycles. The third kappa shape index (κ3) is 3.60. The van der Waals surface area contributed by atoms with Gasteiger partial charge in [0, 0.05) is 38.8 Å². The molecule has 3 atom stereocenters. The number of nitro groups is 1. The van der Waals surface area contributed by atoms with E-state index >= 15 is 26.3 Å². The molecule has 14 heteroatoms. The molecule has 1 saturated carbocycles. The van der Waals surface area contributed by atoms with Crippen LogP contribution >= 0.6 is 23.5 Å². The number of carbonyl (C=O) groups is 1. The van der Waals surface area contributed by atoms with Crippen LogP contribution in [0.3, 0.4) is 0 Å². The number of ether oxygens (including phenoxy) is 1. The number of hydrogen-bond acceptors (Lipinski definition) is 6. The highest BCUT2D eigenvalue weighted by Crippen LogP contribution is 2.78. The Morgan fingerprint density at radius 1 is 0.800 bits per heavy atom. The number of benzene rings is 3. The van der Waals surface area contributed by atoms with Crippen molar-refractivity contribution in [2.75, 3.05) is 5.32 Å². The molecule has 0 bridgehead atoms. The van der Waals surface area contributed by atoms with Gasteiger partial charge in [0.15, 0.2) is 0 Å². The summed E-state index contributed by atoms with van der Waals surface area (Å²) in [5.74, 6) is -16.2. The molecule has 1 N–H and O–H groups in total. The van der Waals surface area contributed by atoms with Gasteiger partial charge in [-0.1, -0.05) is 36.4 Å². The Bertz CT molecular complexity index is 1900. The molecular weight excluding hydrogens is 642 g/mol. The third-order valence-corrected chi connectivity index (χ3v) is 12.3. The van der Waals surface area contributed by atoms with Crippen molar-refractivity contribution in [3.8, 4) is 0 Å². The van der Waals surface area contributed by atoms with E-state index < -0.39 is 61.1 Å². The predicted molar refractivity (Wildman–Crippen MR) is 157 cm³/mol. The first-order valence-corrected chi connectivity index (χ1v) is 15.2. The number of alkyl halides is 6. The van der Waals surface area contributed by atoms with E-state index in [0.29, 0.717) is 9.79 Å². The summed E-state index contributed by atoms with van der Waals surface area (Å²) in [6, 6.07) is 17.1. The molecule has 0 unspecified atom stereocenters. The highest BCUT2D eigenvalue weighted by molar-refractivity contribution is 8.06. The second-order valence-corrected chi connectivity index (χ2v) is 13.9. The molecule has 1 amide bonds. The highest BCUT2D eigenvalue weighted by Gasteiger charge is 2.85. The Morgan fingerprint density at radius 3 is 1.89 bits per heavy atom. The van der Waals surface area contributed by atoms with Gasteiger partial charge in [0.05, 0.1) is 9.67 Å². The number of fused-ring (bicyclic) bond motifs is 8. The van der Waals surface area contributed by atoms with E-state index in [1.165, 1.54) is 50.2 Å². The minimum Gasteiger partial charge on any atom is -0.444 e. The molecule has 7 rings (SSSR count). The van der Waals surface area contributed by atoms with Gasteiger partial charge in [0.1, 0.15) is 10.9 Å². The number of non-ortho nitro benzene ring substituents is 1. The van der Waals surface area contributed by atoms with E-state index in [0.717, 1.165) is 35.7 Å². The summed E-state index contributed by atoms with van der Waals surface area (Å²) in [6.07, 6.45) is -2.43. The van der Waals surface area contributed by atoms with E-state index in [4.69, 9.17) is 4.74 Å². The number of nitrogens with one attached hydrogen (secondary N) is 1. The standard InChI is InChI=1S/C31H20F6N2O4S2/c1-15(43-26(40)38-16-11-13-17(14-12-16)39(41)42)28-23(19-8-4-6-10-21(19)45-28)25-24(29(32,33)31(36,37)30(25,34)35)22-18-7-3-5-9-20(18)44-27(22,28)2/h3-15H,1-2H3,(H,38,40)/t15-,27+,28+/m0/s1. The third-order valence-electron chi connectivity index (χ3n) is 8.80. The van der Waals surface area contributed by atoms with Crippen molar-refractivity contribution in [2.24, 2.45) is 0 Å². The zero-order valence-electron chi connectivity index (χ0n) is 23.2. The largest absolute Gasteiger partial charge is 0.444 e. The van der Waals surface area contributed by atoms with Crippen molar-refractivity contribution in [3.05, 3.63) is 105 Å². The molecule has 0 saturated heterocycles. The van der Waals surface area contributed by atoms with Gasteiger partial charge >= 0.3 is 23.9 Å². The minimum absolute atomic E-state index is 0.0752. The van der Waals surface area contributed by atoms with E-state index in [9.17, 15) is 14.9 Å². The van der Waals surface area contributed by atoms with E-state index in [-0.39, 0.29) is 28.1 Å². The average molecular weight is 663 g/mol. The lowest BCUT2D eigenvalue weighted by Crippen LogP contribution is -2.57. The van der Waals surface area contributed by atoms with Gasteiger partial charge in [-0.25, -0.2) is 4.79 Å². The zero-order valence-corrected chi connectivity index (χ0v) is 24.8. The van der Waals surface area contributed by atoms with E-state index in [2.05, 4.69) is 5.32 Å². The fraction of sp³-hybridized carbons (Fsp3) is 0.258. The van der Waals surface area contributed by atoms with Crippen LogP contribution in [0.1, 0.15) is 25.0 Å². The van der Waals surface area contributed by atoms with Crippen LogP contribution in [0.4, 0.5) is 42.5 Å². The Morgan fingerprint density at radius 2 is 1.31 bits per heavy atom. The summed E-state index contributed by atoms with van der Waals surface area (Å²) < 4.78 is 96.8. The van der Waals surface area contributed by atoms with Gasteiger partial charge in [-0.2, -0.15) is 26.3 Å². The Kier molecular flexibility index (Phi) is 6.17. The maximum Gasteiger partial charge on any atom is 0.411 e. The number of nitro benzene ring substituents is 1. The maximum atomic E-state index is 16.0. The van der Waals surface area contributed by atoms with Gasteiger partial charge in [-0.05, 0) is 60.4 Å². The fourth-order valence-electron chi connectivity index (χ4n) is 6.89. The van der Waals surface area contributed by atoms with Crippen molar-refractivity contribution >= 4 is 52.1 Å².